The van der Waals surface area contributed by atoms with Gasteiger partial charge in [0.15, 0.2) is 0 Å². The number of unbranched alkanes of at least 4 members (excludes halogenated alkanes) is 2. The molecule has 3 atom stereocenters. The molecule has 130 valence electrons. The first-order chi connectivity index (χ1) is 10.7. The molecule has 3 unspecified atom stereocenters. The summed E-state index contributed by atoms with van der Waals surface area (Å²) in [5.41, 5.74) is 0. The van der Waals surface area contributed by atoms with Gasteiger partial charge in [-0.05, 0) is 68.6 Å². The Morgan fingerprint density at radius 2 is 1.59 bits per heavy atom. The molecule has 0 aromatic rings. The maximum absolute atomic E-state index is 6.05. The van der Waals surface area contributed by atoms with Crippen LogP contribution in [0.3, 0.4) is 0 Å². The van der Waals surface area contributed by atoms with Gasteiger partial charge in [-0.15, -0.1) is 0 Å². The number of hydrogen-bond acceptors (Lipinski definition) is 1. The molecule has 0 saturated heterocycles. The number of ether oxygens (including phenoxy) is 1. The zero-order valence-corrected chi connectivity index (χ0v) is 15.5. The molecule has 0 aromatic heterocycles. The Morgan fingerprint density at radius 3 is 2.23 bits per heavy atom. The van der Waals surface area contributed by atoms with E-state index in [1.165, 1.54) is 77.0 Å². The van der Waals surface area contributed by atoms with Crippen molar-refractivity contribution in [3.63, 3.8) is 0 Å². The fourth-order valence-electron chi connectivity index (χ4n) is 5.06. The van der Waals surface area contributed by atoms with Crippen molar-refractivity contribution in [1.82, 2.24) is 0 Å². The van der Waals surface area contributed by atoms with Crippen molar-refractivity contribution in [1.29, 1.82) is 0 Å². The van der Waals surface area contributed by atoms with Crippen molar-refractivity contribution in [2.24, 2.45) is 23.7 Å². The fourth-order valence-corrected chi connectivity index (χ4v) is 5.06. The van der Waals surface area contributed by atoms with Crippen molar-refractivity contribution < 1.29 is 4.74 Å². The predicted octanol–water partition coefficient (Wildman–Crippen LogP) is 6.60. The molecule has 0 bridgehead atoms. The first-order valence-corrected chi connectivity index (χ1v) is 10.4. The van der Waals surface area contributed by atoms with Crippen LogP contribution in [0, 0.1) is 23.7 Å². The smallest absolute Gasteiger partial charge is 0.0575 e. The minimum atomic E-state index is 0.582. The van der Waals surface area contributed by atoms with E-state index in [1.807, 2.05) is 0 Å². The van der Waals surface area contributed by atoms with E-state index in [0.717, 1.165) is 30.3 Å². The van der Waals surface area contributed by atoms with Gasteiger partial charge in [0.2, 0.25) is 0 Å². The topological polar surface area (TPSA) is 9.23 Å². The van der Waals surface area contributed by atoms with Gasteiger partial charge in [0, 0.05) is 6.61 Å². The van der Waals surface area contributed by atoms with E-state index in [1.54, 1.807) is 0 Å². The summed E-state index contributed by atoms with van der Waals surface area (Å²) in [6, 6.07) is 0. The van der Waals surface area contributed by atoms with Crippen LogP contribution >= 0.6 is 0 Å². The Hall–Kier alpha value is -0.0400. The van der Waals surface area contributed by atoms with Gasteiger partial charge in [0.25, 0.3) is 0 Å². The zero-order chi connectivity index (χ0) is 15.8. The van der Waals surface area contributed by atoms with E-state index in [9.17, 15) is 0 Å². The van der Waals surface area contributed by atoms with Gasteiger partial charge in [-0.1, -0.05) is 52.9 Å². The standard InChI is InChI=1S/C21H40O/c1-4-6-8-18-9-14-21(17(3)16-18)19-10-12-20(13-11-19)22-15-7-5-2/h17-21H,4-16H2,1-3H3. The van der Waals surface area contributed by atoms with Crippen LogP contribution in [-0.4, -0.2) is 12.7 Å². The lowest BCUT2D eigenvalue weighted by atomic mass is 9.65. The summed E-state index contributed by atoms with van der Waals surface area (Å²) in [6.07, 6.45) is 17.5. The second kappa shape index (κ2) is 9.96. The maximum Gasteiger partial charge on any atom is 0.0575 e. The molecular formula is C21H40O. The highest BCUT2D eigenvalue weighted by Crippen LogP contribution is 2.44. The third-order valence-electron chi connectivity index (χ3n) is 6.49. The number of rotatable bonds is 8. The summed E-state index contributed by atoms with van der Waals surface area (Å²) in [4.78, 5) is 0. The molecular weight excluding hydrogens is 268 g/mol. The quantitative estimate of drug-likeness (QED) is 0.459. The highest BCUT2D eigenvalue weighted by molar-refractivity contribution is 4.85. The first kappa shape index (κ1) is 18.3. The van der Waals surface area contributed by atoms with Crippen LogP contribution in [0.4, 0.5) is 0 Å². The molecule has 2 aliphatic carbocycles. The SMILES string of the molecule is CCCCOC1CCC(C2CCC(CCCC)CC2C)CC1. The van der Waals surface area contributed by atoms with Crippen LogP contribution in [0.5, 0.6) is 0 Å². The van der Waals surface area contributed by atoms with Crippen molar-refractivity contribution in [2.45, 2.75) is 104 Å². The molecule has 0 N–H and O–H groups in total. The van der Waals surface area contributed by atoms with Gasteiger partial charge in [-0.2, -0.15) is 0 Å². The third kappa shape index (κ3) is 5.55. The van der Waals surface area contributed by atoms with Crippen LogP contribution in [0.2, 0.25) is 0 Å². The van der Waals surface area contributed by atoms with E-state index in [0.29, 0.717) is 6.10 Å². The Kier molecular flexibility index (Phi) is 8.28. The highest BCUT2D eigenvalue weighted by Gasteiger charge is 2.34. The van der Waals surface area contributed by atoms with Gasteiger partial charge >= 0.3 is 0 Å². The minimum Gasteiger partial charge on any atom is -0.378 e. The summed E-state index contributed by atoms with van der Waals surface area (Å²) in [7, 11) is 0. The lowest BCUT2D eigenvalue weighted by Crippen LogP contribution is -2.33. The van der Waals surface area contributed by atoms with Gasteiger partial charge < -0.3 is 4.74 Å². The van der Waals surface area contributed by atoms with E-state index >= 15 is 0 Å². The lowest BCUT2D eigenvalue weighted by molar-refractivity contribution is -0.000819. The van der Waals surface area contributed by atoms with Crippen LogP contribution in [0.15, 0.2) is 0 Å². The van der Waals surface area contributed by atoms with E-state index in [-0.39, 0.29) is 0 Å². The minimum absolute atomic E-state index is 0.582. The first-order valence-electron chi connectivity index (χ1n) is 10.4. The van der Waals surface area contributed by atoms with Gasteiger partial charge in [0.1, 0.15) is 0 Å². The van der Waals surface area contributed by atoms with E-state index in [2.05, 4.69) is 20.8 Å². The van der Waals surface area contributed by atoms with E-state index in [4.69, 9.17) is 4.74 Å². The summed E-state index contributed by atoms with van der Waals surface area (Å²) >= 11 is 0. The van der Waals surface area contributed by atoms with Crippen LogP contribution < -0.4 is 0 Å². The molecule has 2 aliphatic rings. The Bertz CT molecular complexity index is 280. The average Bonchev–Trinajstić information content (AvgIpc) is 2.54. The molecule has 0 spiro atoms. The fraction of sp³-hybridized carbons (Fsp3) is 1.00. The number of hydrogen-bond donors (Lipinski definition) is 0. The monoisotopic (exact) mass is 308 g/mol. The summed E-state index contributed by atoms with van der Waals surface area (Å²) < 4.78 is 6.05. The average molecular weight is 309 g/mol. The lowest BCUT2D eigenvalue weighted by Gasteiger charge is -2.41. The maximum atomic E-state index is 6.05. The molecule has 0 aliphatic heterocycles. The molecule has 0 aromatic carbocycles. The molecule has 2 fully saturated rings. The molecule has 0 amide bonds. The highest BCUT2D eigenvalue weighted by atomic mass is 16.5. The summed E-state index contributed by atoms with van der Waals surface area (Å²) in [5.74, 6) is 4.04. The van der Waals surface area contributed by atoms with E-state index < -0.39 is 0 Å². The molecule has 2 rings (SSSR count). The molecule has 1 heteroatoms. The molecule has 1 nitrogen and oxygen atoms in total. The van der Waals surface area contributed by atoms with Crippen molar-refractivity contribution in [2.75, 3.05) is 6.61 Å². The largest absolute Gasteiger partial charge is 0.378 e. The van der Waals surface area contributed by atoms with Gasteiger partial charge in [-0.25, -0.2) is 0 Å². The molecule has 22 heavy (non-hydrogen) atoms. The normalized spacial score (nSPS) is 36.4. The summed E-state index contributed by atoms with van der Waals surface area (Å²) in [6.45, 7) is 8.12. The van der Waals surface area contributed by atoms with Gasteiger partial charge in [0.05, 0.1) is 6.10 Å². The molecule has 2 saturated carbocycles. The van der Waals surface area contributed by atoms with Crippen molar-refractivity contribution >= 4 is 0 Å². The molecule has 0 radical (unpaired) electrons. The van der Waals surface area contributed by atoms with Crippen molar-refractivity contribution in [3.05, 3.63) is 0 Å². The third-order valence-corrected chi connectivity index (χ3v) is 6.49. The predicted molar refractivity (Wildman–Crippen MR) is 96.1 cm³/mol. The van der Waals surface area contributed by atoms with Crippen LogP contribution in [0.1, 0.15) is 97.8 Å². The Labute approximate surface area is 139 Å². The van der Waals surface area contributed by atoms with Crippen molar-refractivity contribution in [3.8, 4) is 0 Å². The van der Waals surface area contributed by atoms with Crippen LogP contribution in [0.25, 0.3) is 0 Å². The second-order valence-corrected chi connectivity index (χ2v) is 8.22. The van der Waals surface area contributed by atoms with Gasteiger partial charge in [-0.3, -0.25) is 0 Å². The molecule has 0 heterocycles. The Balaban J connectivity index is 1.68. The summed E-state index contributed by atoms with van der Waals surface area (Å²) in [5, 5.41) is 0. The van der Waals surface area contributed by atoms with Crippen LogP contribution in [-0.2, 0) is 4.74 Å². The second-order valence-electron chi connectivity index (χ2n) is 8.22. The Morgan fingerprint density at radius 1 is 0.864 bits per heavy atom. The zero-order valence-electron chi connectivity index (χ0n) is 15.5.